The van der Waals surface area contributed by atoms with Crippen molar-refractivity contribution in [3.05, 3.63) is 109 Å². The highest BCUT2D eigenvalue weighted by Gasteiger charge is 2.27. The average molecular weight is 898 g/mol. The van der Waals surface area contributed by atoms with Gasteiger partial charge in [0.15, 0.2) is 0 Å². The van der Waals surface area contributed by atoms with Gasteiger partial charge in [0, 0.05) is 6.42 Å². The maximum absolute atomic E-state index is 12.9. The van der Waals surface area contributed by atoms with Crippen LogP contribution in [0.4, 0.5) is 0 Å². The van der Waals surface area contributed by atoms with Crippen LogP contribution in [0.15, 0.2) is 109 Å². The van der Waals surface area contributed by atoms with Crippen LogP contribution < -0.4 is 5.32 Å². The summed E-state index contributed by atoms with van der Waals surface area (Å²) in [7, 11) is 1.50. The maximum Gasteiger partial charge on any atom is 0.472 e. The SMILES string of the molecule is CC/C=C\C/C=C\C/C=C\C/C=C\C/C=C\C/C=C\CCCCC(=O)NC(COP(=O)(O)OCC[N+](C)(C)C)C(O)/C=C/CC/C=C/CC/C=C/CCCCCCCCCCCC. The molecule has 0 aromatic carbocycles. The van der Waals surface area contributed by atoms with Crippen LogP contribution in [0.5, 0.6) is 0 Å². The smallest absolute Gasteiger partial charge is 0.387 e. The second kappa shape index (κ2) is 44.4. The number of rotatable bonds is 43. The zero-order chi connectivity index (χ0) is 46.4. The highest BCUT2D eigenvalue weighted by Crippen LogP contribution is 2.43. The highest BCUT2D eigenvalue weighted by molar-refractivity contribution is 7.47. The molecule has 3 N–H and O–H groups in total. The largest absolute Gasteiger partial charge is 0.472 e. The molecule has 0 spiro atoms. The van der Waals surface area contributed by atoms with Crippen LogP contribution in [0.25, 0.3) is 0 Å². The lowest BCUT2D eigenvalue weighted by Gasteiger charge is -2.25. The Morgan fingerprint density at radius 1 is 0.556 bits per heavy atom. The molecular weight excluding hydrogens is 804 g/mol. The number of quaternary nitrogens is 1. The standard InChI is InChI=1S/C54H93N2O6P/c1-6-8-10-12-14-16-18-20-22-24-26-28-30-32-34-36-38-40-42-44-46-48-54(58)55-52(51-62-63(59,60)61-50-49-56(3,4)5)53(57)47-45-43-41-39-37-35-33-31-29-27-25-23-21-19-17-15-13-11-9-7-2/h8,10,14,16,20,22,26,28-29,31-32,34,37-40,45,47,52-53,57H,6-7,9,11-13,15,17-19,21,23-25,27,30,33,35-36,41-44,46,48-51H2,1-5H3,(H-,55,58,59,60)/p+1/b10-8-,16-14-,22-20-,28-26-,31-29+,34-32-,39-37+,40-38-,47-45+. The molecule has 63 heavy (non-hydrogen) atoms. The second-order valence-electron chi connectivity index (χ2n) is 17.4. The summed E-state index contributed by atoms with van der Waals surface area (Å²) in [5.41, 5.74) is 0. The molecule has 0 aromatic heterocycles. The molecule has 0 aliphatic carbocycles. The van der Waals surface area contributed by atoms with Crippen molar-refractivity contribution in [3.8, 4) is 0 Å². The Balaban J connectivity index is 4.55. The Morgan fingerprint density at radius 3 is 1.46 bits per heavy atom. The lowest BCUT2D eigenvalue weighted by molar-refractivity contribution is -0.870. The number of amides is 1. The molecule has 0 saturated carbocycles. The van der Waals surface area contributed by atoms with Crippen molar-refractivity contribution >= 4 is 13.7 Å². The van der Waals surface area contributed by atoms with Crippen LogP contribution in [-0.2, 0) is 18.4 Å². The highest BCUT2D eigenvalue weighted by atomic mass is 31.2. The van der Waals surface area contributed by atoms with E-state index in [2.05, 4.69) is 116 Å². The first-order chi connectivity index (χ1) is 30.5. The van der Waals surface area contributed by atoms with E-state index in [0.717, 1.165) is 77.0 Å². The van der Waals surface area contributed by atoms with Crippen LogP contribution in [0, 0.1) is 0 Å². The molecule has 0 radical (unpaired) electrons. The molecule has 0 aliphatic rings. The van der Waals surface area contributed by atoms with Crippen molar-refractivity contribution in [2.24, 2.45) is 0 Å². The van der Waals surface area contributed by atoms with Gasteiger partial charge >= 0.3 is 7.82 Å². The van der Waals surface area contributed by atoms with Crippen molar-refractivity contribution < 1.29 is 32.9 Å². The lowest BCUT2D eigenvalue weighted by atomic mass is 10.1. The summed E-state index contributed by atoms with van der Waals surface area (Å²) < 4.78 is 23.6. The minimum absolute atomic E-state index is 0.0384. The Kier molecular flexibility index (Phi) is 42.4. The second-order valence-corrected chi connectivity index (χ2v) is 18.9. The van der Waals surface area contributed by atoms with E-state index in [4.69, 9.17) is 9.05 Å². The zero-order valence-electron chi connectivity index (χ0n) is 40.8. The molecule has 0 saturated heterocycles. The molecule has 0 aromatic rings. The van der Waals surface area contributed by atoms with Gasteiger partial charge < -0.3 is 19.8 Å². The van der Waals surface area contributed by atoms with Gasteiger partial charge in [-0.2, -0.15) is 0 Å². The van der Waals surface area contributed by atoms with Crippen molar-refractivity contribution in [2.75, 3.05) is 40.9 Å². The number of nitrogens with one attached hydrogen (secondary N) is 1. The fourth-order valence-electron chi connectivity index (χ4n) is 6.31. The van der Waals surface area contributed by atoms with Gasteiger partial charge in [-0.15, -0.1) is 0 Å². The lowest BCUT2D eigenvalue weighted by Crippen LogP contribution is -2.45. The van der Waals surface area contributed by atoms with E-state index in [1.54, 1.807) is 6.08 Å². The fourth-order valence-corrected chi connectivity index (χ4v) is 7.05. The summed E-state index contributed by atoms with van der Waals surface area (Å²) in [5, 5.41) is 13.8. The predicted octanol–water partition coefficient (Wildman–Crippen LogP) is 14.5. The number of nitrogens with zero attached hydrogens (tertiary/aromatic N) is 1. The topological polar surface area (TPSA) is 105 Å². The van der Waals surface area contributed by atoms with E-state index in [-0.39, 0.29) is 25.5 Å². The Labute approximate surface area is 387 Å². The minimum atomic E-state index is -4.37. The summed E-state index contributed by atoms with van der Waals surface area (Å²) in [6.07, 6.45) is 64.6. The van der Waals surface area contributed by atoms with Crippen LogP contribution in [-0.4, -0.2) is 73.4 Å². The van der Waals surface area contributed by atoms with Crippen LogP contribution in [0.2, 0.25) is 0 Å². The molecule has 0 aliphatic heterocycles. The summed E-state index contributed by atoms with van der Waals surface area (Å²) in [4.78, 5) is 23.2. The zero-order valence-corrected chi connectivity index (χ0v) is 41.7. The van der Waals surface area contributed by atoms with Gasteiger partial charge in [-0.25, -0.2) is 4.57 Å². The molecule has 0 heterocycles. The Morgan fingerprint density at radius 2 is 0.968 bits per heavy atom. The third-order valence-corrected chi connectivity index (χ3v) is 11.2. The number of likely N-dealkylation sites (N-methyl/N-ethyl adjacent to an activating group) is 1. The normalized spacial score (nSPS) is 15.1. The number of carbonyl (C=O) groups is 1. The molecule has 0 bridgehead atoms. The van der Waals surface area contributed by atoms with E-state index < -0.39 is 20.0 Å². The number of phosphoric acid groups is 1. The van der Waals surface area contributed by atoms with Gasteiger partial charge in [-0.3, -0.25) is 13.8 Å². The number of carbonyl (C=O) groups excluding carboxylic acids is 1. The minimum Gasteiger partial charge on any atom is -0.387 e. The summed E-state index contributed by atoms with van der Waals surface area (Å²) in [5.74, 6) is -0.238. The van der Waals surface area contributed by atoms with E-state index in [9.17, 15) is 19.4 Å². The molecule has 9 heteroatoms. The Hall–Kier alpha value is -2.84. The average Bonchev–Trinajstić information content (AvgIpc) is 3.24. The predicted molar refractivity (Wildman–Crippen MR) is 272 cm³/mol. The van der Waals surface area contributed by atoms with E-state index in [1.807, 2.05) is 27.2 Å². The van der Waals surface area contributed by atoms with Crippen LogP contribution in [0.3, 0.4) is 0 Å². The molecular formula is C54H94N2O6P+. The summed E-state index contributed by atoms with van der Waals surface area (Å²) in [6.45, 7) is 4.61. The van der Waals surface area contributed by atoms with Gasteiger partial charge in [-0.05, 0) is 96.3 Å². The van der Waals surface area contributed by atoms with Gasteiger partial charge in [0.05, 0.1) is 39.9 Å². The maximum atomic E-state index is 12.9. The van der Waals surface area contributed by atoms with Gasteiger partial charge in [0.1, 0.15) is 13.2 Å². The number of aliphatic hydroxyl groups excluding tert-OH is 1. The van der Waals surface area contributed by atoms with Crippen molar-refractivity contribution in [3.63, 3.8) is 0 Å². The van der Waals surface area contributed by atoms with Crippen LogP contribution >= 0.6 is 7.82 Å². The summed E-state index contributed by atoms with van der Waals surface area (Å²) in [6, 6.07) is -0.901. The molecule has 360 valence electrons. The van der Waals surface area contributed by atoms with E-state index >= 15 is 0 Å². The first kappa shape index (κ1) is 60.2. The molecule has 0 rings (SSSR count). The third-order valence-electron chi connectivity index (χ3n) is 10.2. The van der Waals surface area contributed by atoms with E-state index in [1.165, 1.54) is 70.6 Å². The van der Waals surface area contributed by atoms with Gasteiger partial charge in [-0.1, -0.05) is 181 Å². The first-order valence-corrected chi connectivity index (χ1v) is 26.3. The van der Waals surface area contributed by atoms with Crippen molar-refractivity contribution in [1.82, 2.24) is 5.32 Å². The number of unbranched alkanes of at least 4 members (excludes halogenated alkanes) is 14. The molecule has 0 fully saturated rings. The summed E-state index contributed by atoms with van der Waals surface area (Å²) >= 11 is 0. The van der Waals surface area contributed by atoms with Crippen LogP contribution in [0.1, 0.15) is 174 Å². The fraction of sp³-hybridized carbons (Fsp3) is 0.648. The van der Waals surface area contributed by atoms with Gasteiger partial charge in [0.25, 0.3) is 0 Å². The number of hydrogen-bond donors (Lipinski definition) is 3. The van der Waals surface area contributed by atoms with Crippen molar-refractivity contribution in [2.45, 2.75) is 187 Å². The Bertz CT molecular complexity index is 1390. The first-order valence-electron chi connectivity index (χ1n) is 24.8. The third kappa shape index (κ3) is 47.0. The van der Waals surface area contributed by atoms with Crippen molar-refractivity contribution in [1.29, 1.82) is 0 Å². The molecule has 1 amide bonds. The van der Waals surface area contributed by atoms with Gasteiger partial charge in [0.2, 0.25) is 5.91 Å². The monoisotopic (exact) mass is 898 g/mol. The molecule has 3 unspecified atom stereocenters. The van der Waals surface area contributed by atoms with E-state index in [0.29, 0.717) is 17.4 Å². The number of allylic oxidation sites excluding steroid dienone is 17. The number of phosphoric ester groups is 1. The quantitative estimate of drug-likeness (QED) is 0.0244. The number of aliphatic hydroxyl groups is 1. The molecule has 8 nitrogen and oxygen atoms in total. The number of hydrogen-bond acceptors (Lipinski definition) is 5. The molecule has 3 atom stereocenters.